The molecule has 2 aromatic heterocycles. The minimum atomic E-state index is -3.48. The molecule has 0 spiro atoms. The maximum Gasteiger partial charge on any atom is 0.244 e. The van der Waals surface area contributed by atoms with Crippen molar-refractivity contribution in [3.05, 3.63) is 42.2 Å². The normalized spacial score (nSPS) is 16.9. The number of anilines is 2. The van der Waals surface area contributed by atoms with Crippen molar-refractivity contribution in [1.82, 2.24) is 19.2 Å². The first-order valence-corrected chi connectivity index (χ1v) is 9.24. The molecule has 0 radical (unpaired) electrons. The van der Waals surface area contributed by atoms with Crippen molar-refractivity contribution in [3.8, 4) is 0 Å². The summed E-state index contributed by atoms with van der Waals surface area (Å²) < 4.78 is 26.8. The van der Waals surface area contributed by atoms with Gasteiger partial charge in [-0.1, -0.05) is 6.07 Å². The van der Waals surface area contributed by atoms with E-state index in [0.29, 0.717) is 24.7 Å². The SMILES string of the molecule is Cc1cccc(Nc2ccc(S(=O)(=O)N3CCN(C)CC3)cn2)n1. The summed E-state index contributed by atoms with van der Waals surface area (Å²) in [6.07, 6.45) is 1.39. The van der Waals surface area contributed by atoms with Gasteiger partial charge in [0.05, 0.1) is 0 Å². The second-order valence-corrected chi connectivity index (χ2v) is 7.81. The first kappa shape index (κ1) is 16.8. The summed E-state index contributed by atoms with van der Waals surface area (Å²) in [7, 11) is -1.49. The highest BCUT2D eigenvalue weighted by molar-refractivity contribution is 7.89. The number of sulfonamides is 1. The highest BCUT2D eigenvalue weighted by Crippen LogP contribution is 2.19. The van der Waals surface area contributed by atoms with Crippen LogP contribution in [0.3, 0.4) is 0 Å². The van der Waals surface area contributed by atoms with Crippen LogP contribution in [-0.2, 0) is 10.0 Å². The summed E-state index contributed by atoms with van der Waals surface area (Å²) >= 11 is 0. The number of hydrogen-bond acceptors (Lipinski definition) is 6. The summed E-state index contributed by atoms with van der Waals surface area (Å²) in [4.78, 5) is 10.9. The number of aryl methyl sites for hydroxylation is 1. The molecule has 7 nitrogen and oxygen atoms in total. The molecule has 1 N–H and O–H groups in total. The first-order chi connectivity index (χ1) is 11.4. The van der Waals surface area contributed by atoms with Crippen LogP contribution in [0.25, 0.3) is 0 Å². The Morgan fingerprint density at radius 3 is 2.42 bits per heavy atom. The molecule has 0 unspecified atom stereocenters. The van der Waals surface area contributed by atoms with Gasteiger partial charge in [-0.05, 0) is 38.2 Å². The average Bonchev–Trinajstić information content (AvgIpc) is 2.56. The Morgan fingerprint density at radius 2 is 1.79 bits per heavy atom. The molecule has 3 heterocycles. The first-order valence-electron chi connectivity index (χ1n) is 7.80. The number of aromatic nitrogens is 2. The molecule has 0 aromatic carbocycles. The molecular formula is C16H21N5O2S. The molecule has 3 rings (SSSR count). The second-order valence-electron chi connectivity index (χ2n) is 5.88. The van der Waals surface area contributed by atoms with Gasteiger partial charge in [-0.25, -0.2) is 18.4 Å². The van der Waals surface area contributed by atoms with Gasteiger partial charge in [-0.15, -0.1) is 0 Å². The van der Waals surface area contributed by atoms with Crippen LogP contribution in [0.5, 0.6) is 0 Å². The molecule has 1 aliphatic heterocycles. The number of likely N-dealkylation sites (N-methyl/N-ethyl adjacent to an activating group) is 1. The second kappa shape index (κ2) is 6.84. The molecule has 24 heavy (non-hydrogen) atoms. The maximum atomic E-state index is 12.6. The van der Waals surface area contributed by atoms with Gasteiger partial charge < -0.3 is 10.2 Å². The third kappa shape index (κ3) is 3.72. The van der Waals surface area contributed by atoms with Crippen molar-refractivity contribution in [1.29, 1.82) is 0 Å². The zero-order valence-corrected chi connectivity index (χ0v) is 14.6. The van der Waals surface area contributed by atoms with E-state index in [1.165, 1.54) is 10.5 Å². The van der Waals surface area contributed by atoms with Crippen molar-refractivity contribution in [2.75, 3.05) is 38.5 Å². The van der Waals surface area contributed by atoms with Crippen LogP contribution in [0.2, 0.25) is 0 Å². The summed E-state index contributed by atoms with van der Waals surface area (Å²) in [6.45, 7) is 4.40. The number of hydrogen-bond donors (Lipinski definition) is 1. The van der Waals surface area contributed by atoms with Gasteiger partial charge >= 0.3 is 0 Å². The van der Waals surface area contributed by atoms with Crippen LogP contribution >= 0.6 is 0 Å². The van der Waals surface area contributed by atoms with E-state index in [-0.39, 0.29) is 4.90 Å². The number of piperazine rings is 1. The fraction of sp³-hybridized carbons (Fsp3) is 0.375. The minimum absolute atomic E-state index is 0.217. The Labute approximate surface area is 142 Å². The number of pyridine rings is 2. The quantitative estimate of drug-likeness (QED) is 0.902. The predicted molar refractivity (Wildman–Crippen MR) is 92.7 cm³/mol. The Hall–Kier alpha value is -2.03. The lowest BCUT2D eigenvalue weighted by Crippen LogP contribution is -2.47. The topological polar surface area (TPSA) is 78.4 Å². The van der Waals surface area contributed by atoms with Gasteiger partial charge in [0.1, 0.15) is 16.5 Å². The van der Waals surface area contributed by atoms with E-state index < -0.39 is 10.0 Å². The monoisotopic (exact) mass is 347 g/mol. The summed E-state index contributed by atoms with van der Waals surface area (Å²) in [5, 5.41) is 3.07. The number of rotatable bonds is 4. The van der Waals surface area contributed by atoms with Gasteiger partial charge in [0, 0.05) is 38.1 Å². The molecule has 0 amide bonds. The predicted octanol–water partition coefficient (Wildman–Crippen LogP) is 1.46. The van der Waals surface area contributed by atoms with E-state index in [4.69, 9.17) is 0 Å². The largest absolute Gasteiger partial charge is 0.325 e. The van der Waals surface area contributed by atoms with E-state index in [2.05, 4.69) is 20.2 Å². The standard InChI is InChI=1S/C16H21N5O2S/c1-13-4-3-5-16(18-13)19-15-7-6-14(12-17-15)24(22,23)21-10-8-20(2)9-11-21/h3-7,12H,8-11H2,1-2H3,(H,17,18,19). The van der Waals surface area contributed by atoms with Crippen LogP contribution in [0.15, 0.2) is 41.4 Å². The van der Waals surface area contributed by atoms with Crippen LogP contribution < -0.4 is 5.32 Å². The number of nitrogens with zero attached hydrogens (tertiary/aromatic N) is 4. The van der Waals surface area contributed by atoms with Gasteiger partial charge in [0.15, 0.2) is 0 Å². The van der Waals surface area contributed by atoms with Crippen LogP contribution in [0.4, 0.5) is 11.6 Å². The zero-order chi connectivity index (χ0) is 17.2. The Balaban J connectivity index is 1.74. The van der Waals surface area contributed by atoms with Crippen molar-refractivity contribution < 1.29 is 8.42 Å². The molecule has 128 valence electrons. The molecule has 1 aliphatic rings. The molecule has 8 heteroatoms. The van der Waals surface area contributed by atoms with E-state index >= 15 is 0 Å². The lowest BCUT2D eigenvalue weighted by atomic mass is 10.3. The highest BCUT2D eigenvalue weighted by Gasteiger charge is 2.27. The van der Waals surface area contributed by atoms with Gasteiger partial charge in [0.2, 0.25) is 10.0 Å². The lowest BCUT2D eigenvalue weighted by molar-refractivity contribution is 0.222. The van der Waals surface area contributed by atoms with E-state index in [1.807, 2.05) is 32.2 Å². The van der Waals surface area contributed by atoms with Crippen LogP contribution in [0.1, 0.15) is 5.69 Å². The zero-order valence-electron chi connectivity index (χ0n) is 13.8. The van der Waals surface area contributed by atoms with Crippen LogP contribution in [0, 0.1) is 6.92 Å². The Bertz CT molecular complexity index is 799. The summed E-state index contributed by atoms with van der Waals surface area (Å²) in [5.41, 5.74) is 0.897. The van der Waals surface area contributed by atoms with Gasteiger partial charge in [-0.2, -0.15) is 4.31 Å². The maximum absolute atomic E-state index is 12.6. The molecule has 0 bridgehead atoms. The van der Waals surface area contributed by atoms with Crippen LogP contribution in [-0.4, -0.2) is 60.8 Å². The fourth-order valence-electron chi connectivity index (χ4n) is 2.53. The van der Waals surface area contributed by atoms with Crippen molar-refractivity contribution in [2.24, 2.45) is 0 Å². The smallest absolute Gasteiger partial charge is 0.244 e. The molecule has 0 aliphatic carbocycles. The van der Waals surface area contributed by atoms with E-state index in [0.717, 1.165) is 18.8 Å². The minimum Gasteiger partial charge on any atom is -0.325 e. The molecule has 1 saturated heterocycles. The van der Waals surface area contributed by atoms with Gasteiger partial charge in [0.25, 0.3) is 0 Å². The molecule has 2 aromatic rings. The summed E-state index contributed by atoms with van der Waals surface area (Å²) in [5.74, 6) is 1.24. The molecule has 0 atom stereocenters. The fourth-order valence-corrected chi connectivity index (χ4v) is 3.90. The van der Waals surface area contributed by atoms with Crippen molar-refractivity contribution >= 4 is 21.7 Å². The summed E-state index contributed by atoms with van der Waals surface area (Å²) in [6, 6.07) is 8.89. The third-order valence-electron chi connectivity index (χ3n) is 3.98. The van der Waals surface area contributed by atoms with E-state index in [1.54, 1.807) is 12.1 Å². The highest BCUT2D eigenvalue weighted by atomic mass is 32.2. The van der Waals surface area contributed by atoms with Gasteiger partial charge in [-0.3, -0.25) is 0 Å². The Kier molecular flexibility index (Phi) is 4.79. The lowest BCUT2D eigenvalue weighted by Gasteiger charge is -2.31. The van der Waals surface area contributed by atoms with Crippen molar-refractivity contribution in [2.45, 2.75) is 11.8 Å². The number of nitrogens with one attached hydrogen (secondary N) is 1. The van der Waals surface area contributed by atoms with E-state index in [9.17, 15) is 8.42 Å². The Morgan fingerprint density at radius 1 is 1.04 bits per heavy atom. The third-order valence-corrected chi connectivity index (χ3v) is 5.86. The molecule has 1 fully saturated rings. The molecular weight excluding hydrogens is 326 g/mol. The molecule has 0 saturated carbocycles. The average molecular weight is 347 g/mol. The van der Waals surface area contributed by atoms with Crippen molar-refractivity contribution in [3.63, 3.8) is 0 Å².